The van der Waals surface area contributed by atoms with Gasteiger partial charge >= 0.3 is 0 Å². The van der Waals surface area contributed by atoms with Gasteiger partial charge in [0.15, 0.2) is 5.65 Å². The summed E-state index contributed by atoms with van der Waals surface area (Å²) in [6.07, 6.45) is 4.03. The molecule has 198 valence electrons. The number of benzene rings is 1. The Morgan fingerprint density at radius 1 is 1.13 bits per heavy atom. The molecule has 2 amide bonds. The van der Waals surface area contributed by atoms with Crippen molar-refractivity contribution in [2.75, 3.05) is 38.1 Å². The van der Waals surface area contributed by atoms with E-state index in [2.05, 4.69) is 27.5 Å². The first-order valence-corrected chi connectivity index (χ1v) is 14.1. The van der Waals surface area contributed by atoms with E-state index in [1.807, 2.05) is 34.7 Å². The summed E-state index contributed by atoms with van der Waals surface area (Å²) in [5, 5.41) is 6.44. The van der Waals surface area contributed by atoms with Crippen molar-refractivity contribution >= 4 is 55.0 Å². The summed E-state index contributed by atoms with van der Waals surface area (Å²) in [5.41, 5.74) is 1.35. The van der Waals surface area contributed by atoms with Crippen LogP contribution in [0.25, 0.3) is 26.1 Å². The number of fused-ring (bicyclic) bond motifs is 5. The maximum absolute atomic E-state index is 13.8. The van der Waals surface area contributed by atoms with Crippen molar-refractivity contribution in [3.8, 4) is 0 Å². The van der Waals surface area contributed by atoms with Crippen LogP contribution in [0.5, 0.6) is 0 Å². The Hall–Kier alpha value is -3.50. The molecule has 10 heteroatoms. The fourth-order valence-corrected chi connectivity index (χ4v) is 7.10. The zero-order chi connectivity index (χ0) is 26.4. The molecule has 0 radical (unpaired) electrons. The minimum atomic E-state index is -0.330. The van der Waals surface area contributed by atoms with E-state index >= 15 is 0 Å². The first-order valence-electron chi connectivity index (χ1n) is 13.3. The number of nitrogens with one attached hydrogen (secondary N) is 2. The molecule has 2 saturated heterocycles. The maximum Gasteiger partial charge on any atom is 0.258 e. The molecule has 4 aromatic rings. The van der Waals surface area contributed by atoms with Crippen molar-refractivity contribution in [2.45, 2.75) is 44.7 Å². The third kappa shape index (κ3) is 4.41. The second kappa shape index (κ2) is 9.99. The number of thiazole rings is 1. The minimum absolute atomic E-state index is 0.0395. The van der Waals surface area contributed by atoms with Crippen LogP contribution < -0.4 is 21.0 Å². The quantitative estimate of drug-likeness (QED) is 0.396. The average Bonchev–Trinajstić information content (AvgIpc) is 3.62. The van der Waals surface area contributed by atoms with E-state index in [1.165, 1.54) is 24.7 Å². The molecule has 2 aliphatic rings. The van der Waals surface area contributed by atoms with Crippen molar-refractivity contribution in [2.24, 2.45) is 0 Å². The van der Waals surface area contributed by atoms with Gasteiger partial charge in [-0.3, -0.25) is 18.8 Å². The van der Waals surface area contributed by atoms with Crippen LogP contribution in [-0.4, -0.2) is 71.4 Å². The number of hydrogen-bond acceptors (Lipinski definition) is 7. The lowest BCUT2D eigenvalue weighted by Crippen LogP contribution is -2.35. The second-order valence-corrected chi connectivity index (χ2v) is 11.4. The molecule has 2 atom stereocenters. The van der Waals surface area contributed by atoms with Crippen LogP contribution >= 0.6 is 11.3 Å². The maximum atomic E-state index is 13.8. The van der Waals surface area contributed by atoms with Crippen molar-refractivity contribution in [3.63, 3.8) is 0 Å². The van der Waals surface area contributed by atoms with Gasteiger partial charge in [0.1, 0.15) is 16.2 Å². The number of aromatic nitrogens is 2. The van der Waals surface area contributed by atoms with E-state index in [4.69, 9.17) is 4.98 Å². The fourth-order valence-electron chi connectivity index (χ4n) is 5.91. The SMILES string of the molecule is CC(=O)NC1CCN(c2ccc3c(=O)c(C(=O)NCCC4CCCN4C)c4sc5ccccc5n4c3n2)C1. The molecule has 0 bridgehead atoms. The summed E-state index contributed by atoms with van der Waals surface area (Å²) in [7, 11) is 2.12. The van der Waals surface area contributed by atoms with Gasteiger partial charge in [-0.05, 0) is 63.5 Å². The van der Waals surface area contributed by atoms with Gasteiger partial charge in [-0.15, -0.1) is 11.3 Å². The Balaban J connectivity index is 1.40. The van der Waals surface area contributed by atoms with E-state index < -0.39 is 0 Å². The number of hydrogen-bond donors (Lipinski definition) is 2. The zero-order valence-corrected chi connectivity index (χ0v) is 22.5. The molecule has 2 unspecified atom stereocenters. The lowest BCUT2D eigenvalue weighted by atomic mass is 10.1. The van der Waals surface area contributed by atoms with Gasteiger partial charge in [0.05, 0.1) is 15.6 Å². The normalized spacial score (nSPS) is 20.1. The van der Waals surface area contributed by atoms with Crippen LogP contribution in [0.2, 0.25) is 0 Å². The van der Waals surface area contributed by atoms with Gasteiger partial charge in [-0.2, -0.15) is 0 Å². The van der Waals surface area contributed by atoms with Crippen molar-refractivity contribution in [1.82, 2.24) is 24.9 Å². The number of nitrogens with zero attached hydrogens (tertiary/aromatic N) is 4. The highest BCUT2D eigenvalue weighted by Gasteiger charge is 2.27. The number of carbonyl (C=O) groups is 2. The molecule has 1 aromatic carbocycles. The number of anilines is 1. The molecule has 2 N–H and O–H groups in total. The molecule has 0 aliphatic carbocycles. The predicted octanol–water partition coefficient (Wildman–Crippen LogP) is 2.99. The summed E-state index contributed by atoms with van der Waals surface area (Å²) in [5.74, 6) is 0.387. The molecule has 0 spiro atoms. The van der Waals surface area contributed by atoms with Crippen LogP contribution in [0, 0.1) is 0 Å². The van der Waals surface area contributed by atoms with E-state index in [0.29, 0.717) is 35.0 Å². The van der Waals surface area contributed by atoms with Gasteiger partial charge in [-0.1, -0.05) is 12.1 Å². The van der Waals surface area contributed by atoms with Crippen LogP contribution in [0.1, 0.15) is 43.0 Å². The van der Waals surface area contributed by atoms with Crippen LogP contribution in [0.15, 0.2) is 41.2 Å². The molecule has 3 aromatic heterocycles. The monoisotopic (exact) mass is 532 g/mol. The van der Waals surface area contributed by atoms with Crippen LogP contribution in [-0.2, 0) is 4.79 Å². The molecule has 5 heterocycles. The van der Waals surface area contributed by atoms with Crippen molar-refractivity contribution in [1.29, 1.82) is 0 Å². The van der Waals surface area contributed by atoms with Crippen molar-refractivity contribution < 1.29 is 9.59 Å². The molecular weight excluding hydrogens is 500 g/mol. The molecule has 0 saturated carbocycles. The topological polar surface area (TPSA) is 99.0 Å². The van der Waals surface area contributed by atoms with Gasteiger partial charge in [0.25, 0.3) is 5.91 Å². The Morgan fingerprint density at radius 2 is 1.97 bits per heavy atom. The summed E-state index contributed by atoms with van der Waals surface area (Å²) in [6, 6.07) is 12.1. The van der Waals surface area contributed by atoms with Crippen molar-refractivity contribution in [3.05, 3.63) is 52.2 Å². The summed E-state index contributed by atoms with van der Waals surface area (Å²) in [6.45, 7) is 4.58. The van der Waals surface area contributed by atoms with Gasteiger partial charge in [-0.25, -0.2) is 4.98 Å². The van der Waals surface area contributed by atoms with Gasteiger partial charge < -0.3 is 20.4 Å². The minimum Gasteiger partial charge on any atom is -0.354 e. The predicted molar refractivity (Wildman–Crippen MR) is 151 cm³/mol. The van der Waals surface area contributed by atoms with E-state index in [9.17, 15) is 14.4 Å². The Labute approximate surface area is 224 Å². The first kappa shape index (κ1) is 24.8. The Kier molecular flexibility index (Phi) is 6.53. The summed E-state index contributed by atoms with van der Waals surface area (Å²) in [4.78, 5) is 48.8. The molecule has 6 rings (SSSR count). The number of likely N-dealkylation sites (tertiary alicyclic amines) is 1. The fraction of sp³-hybridized carbons (Fsp3) is 0.429. The summed E-state index contributed by atoms with van der Waals surface area (Å²) < 4.78 is 2.95. The lowest BCUT2D eigenvalue weighted by molar-refractivity contribution is -0.119. The molecule has 2 fully saturated rings. The number of carbonyl (C=O) groups excluding carboxylic acids is 2. The van der Waals surface area contributed by atoms with Gasteiger partial charge in [0.2, 0.25) is 11.3 Å². The molecule has 38 heavy (non-hydrogen) atoms. The number of para-hydroxylation sites is 1. The Morgan fingerprint density at radius 3 is 2.76 bits per heavy atom. The van der Waals surface area contributed by atoms with E-state index in [1.54, 1.807) is 6.07 Å². The van der Waals surface area contributed by atoms with Gasteiger partial charge in [0, 0.05) is 38.6 Å². The average molecular weight is 533 g/mol. The molecule has 9 nitrogen and oxygen atoms in total. The smallest absolute Gasteiger partial charge is 0.258 e. The summed E-state index contributed by atoms with van der Waals surface area (Å²) >= 11 is 1.44. The number of rotatable bonds is 6. The molecule has 2 aliphatic heterocycles. The van der Waals surface area contributed by atoms with E-state index in [0.717, 1.165) is 48.4 Å². The number of amides is 2. The highest BCUT2D eigenvalue weighted by atomic mass is 32.1. The lowest BCUT2D eigenvalue weighted by Gasteiger charge is -2.19. The zero-order valence-electron chi connectivity index (χ0n) is 21.7. The largest absolute Gasteiger partial charge is 0.354 e. The van der Waals surface area contributed by atoms with Crippen LogP contribution in [0.4, 0.5) is 5.82 Å². The second-order valence-electron chi connectivity index (χ2n) is 10.4. The van der Waals surface area contributed by atoms with Crippen LogP contribution in [0.3, 0.4) is 0 Å². The standard InChI is InChI=1S/C28H32N6O3S/c1-17(35)30-18-12-15-33(16-18)23-10-9-20-25(36)24(27(37)29-13-11-19-6-5-14-32(19)2)28-34(26(20)31-23)21-7-3-4-8-22(21)38-28/h3-4,7-10,18-19H,5-6,11-16H2,1-2H3,(H,29,37)(H,30,35). The first-order chi connectivity index (χ1) is 18.4. The third-order valence-electron chi connectivity index (χ3n) is 7.85. The molecular formula is C28H32N6O3S. The number of pyridine rings is 2. The highest BCUT2D eigenvalue weighted by Crippen LogP contribution is 2.32. The third-order valence-corrected chi connectivity index (χ3v) is 9.00. The Bertz CT molecular complexity index is 1610. The highest BCUT2D eigenvalue weighted by molar-refractivity contribution is 7.24. The van der Waals surface area contributed by atoms with E-state index in [-0.39, 0.29) is 28.8 Å².